The van der Waals surface area contributed by atoms with Gasteiger partial charge in [0, 0.05) is 36.9 Å². The van der Waals surface area contributed by atoms with Crippen LogP contribution in [0.2, 0.25) is 0 Å². The van der Waals surface area contributed by atoms with Crippen LogP contribution in [0.15, 0.2) is 60.1 Å². The number of nitro benzene ring substituents is 1. The molecule has 8 nitrogen and oxygen atoms in total. The van der Waals surface area contributed by atoms with Gasteiger partial charge in [0.25, 0.3) is 11.6 Å². The molecule has 1 aromatic heterocycles. The molecular weight excluding hydrogens is 406 g/mol. The average Bonchev–Trinajstić information content (AvgIpc) is 3.07. The van der Waals surface area contributed by atoms with E-state index in [9.17, 15) is 14.9 Å². The van der Waals surface area contributed by atoms with Crippen molar-refractivity contribution < 1.29 is 19.2 Å². The van der Waals surface area contributed by atoms with Crippen LogP contribution in [0.1, 0.15) is 5.56 Å². The highest BCUT2D eigenvalue weighted by molar-refractivity contribution is 7.16. The van der Waals surface area contributed by atoms with Gasteiger partial charge in [0.1, 0.15) is 13.2 Å². The fraction of sp³-hybridized carbons (Fsp3) is 0.143. The monoisotopic (exact) mass is 423 g/mol. The molecule has 0 radical (unpaired) electrons. The Bertz CT molecular complexity index is 1240. The molecule has 152 valence electrons. The number of hydrogen-bond donors (Lipinski definition) is 0. The third-order valence-electron chi connectivity index (χ3n) is 4.39. The highest BCUT2D eigenvalue weighted by atomic mass is 32.1. The van der Waals surface area contributed by atoms with Crippen molar-refractivity contribution in [2.75, 3.05) is 13.2 Å². The van der Waals surface area contributed by atoms with E-state index in [2.05, 4.69) is 11.6 Å². The predicted octanol–water partition coefficient (Wildman–Crippen LogP) is 3.71. The molecule has 3 aromatic rings. The second-order valence-electron chi connectivity index (χ2n) is 6.38. The zero-order valence-corrected chi connectivity index (χ0v) is 16.6. The van der Waals surface area contributed by atoms with Gasteiger partial charge in [-0.25, -0.2) is 0 Å². The van der Waals surface area contributed by atoms with Crippen molar-refractivity contribution in [2.24, 2.45) is 4.99 Å². The molecule has 1 aliphatic rings. The van der Waals surface area contributed by atoms with Crippen LogP contribution in [0.4, 0.5) is 5.69 Å². The maximum absolute atomic E-state index is 12.4. The smallest absolute Gasteiger partial charge is 0.272 e. The zero-order valence-electron chi connectivity index (χ0n) is 15.8. The molecule has 0 aliphatic carbocycles. The molecule has 2 aromatic carbocycles. The summed E-state index contributed by atoms with van der Waals surface area (Å²) < 4.78 is 14.1. The zero-order chi connectivity index (χ0) is 21.1. The molecule has 0 spiro atoms. The number of carbonyl (C=O) groups is 1. The number of fused-ring (bicyclic) bond motifs is 2. The Kier molecular flexibility index (Phi) is 5.44. The van der Waals surface area contributed by atoms with Crippen molar-refractivity contribution in [1.82, 2.24) is 4.57 Å². The summed E-state index contributed by atoms with van der Waals surface area (Å²) in [6.45, 7) is 5.26. The molecule has 0 saturated heterocycles. The van der Waals surface area contributed by atoms with E-state index in [1.54, 1.807) is 24.3 Å². The van der Waals surface area contributed by atoms with E-state index in [0.717, 1.165) is 10.2 Å². The number of non-ortho nitro benzene ring substituents is 1. The molecule has 4 rings (SSSR count). The Balaban J connectivity index is 1.66. The first-order valence-corrected chi connectivity index (χ1v) is 9.92. The first kappa shape index (κ1) is 19.6. The van der Waals surface area contributed by atoms with Gasteiger partial charge in [-0.2, -0.15) is 4.99 Å². The quantitative estimate of drug-likeness (QED) is 0.270. The molecule has 0 bridgehead atoms. The Morgan fingerprint density at radius 1 is 1.23 bits per heavy atom. The van der Waals surface area contributed by atoms with Gasteiger partial charge >= 0.3 is 0 Å². The summed E-state index contributed by atoms with van der Waals surface area (Å²) in [4.78, 5) is 27.4. The average molecular weight is 423 g/mol. The number of allylic oxidation sites excluding steroid dienone is 1. The predicted molar refractivity (Wildman–Crippen MR) is 114 cm³/mol. The number of rotatable bonds is 5. The number of nitro groups is 1. The molecule has 0 fully saturated rings. The first-order valence-electron chi connectivity index (χ1n) is 9.10. The van der Waals surface area contributed by atoms with Crippen molar-refractivity contribution in [3.8, 4) is 11.5 Å². The number of nitrogens with zero attached hydrogens (tertiary/aromatic N) is 3. The molecule has 0 saturated carbocycles. The minimum atomic E-state index is -0.471. The van der Waals surface area contributed by atoms with Crippen LogP contribution in [0, 0.1) is 10.1 Å². The van der Waals surface area contributed by atoms with Crippen molar-refractivity contribution in [2.45, 2.75) is 6.54 Å². The van der Waals surface area contributed by atoms with Crippen LogP contribution in [0.5, 0.6) is 11.5 Å². The van der Waals surface area contributed by atoms with Gasteiger partial charge in [-0.15, -0.1) is 6.58 Å². The van der Waals surface area contributed by atoms with E-state index in [1.807, 2.05) is 16.7 Å². The number of amides is 1. The SMILES string of the molecule is C=CCn1c(=NC(=O)C=Cc2ccc([N+](=O)[O-])cc2)sc2cc3c(cc21)OCCO3. The largest absolute Gasteiger partial charge is 0.486 e. The van der Waals surface area contributed by atoms with Crippen LogP contribution >= 0.6 is 11.3 Å². The van der Waals surface area contributed by atoms with E-state index < -0.39 is 10.8 Å². The van der Waals surface area contributed by atoms with Gasteiger partial charge in [-0.05, 0) is 23.8 Å². The lowest BCUT2D eigenvalue weighted by molar-refractivity contribution is -0.384. The van der Waals surface area contributed by atoms with Crippen LogP contribution in [0.3, 0.4) is 0 Å². The van der Waals surface area contributed by atoms with Gasteiger partial charge < -0.3 is 14.0 Å². The third kappa shape index (κ3) is 4.01. The molecule has 1 aliphatic heterocycles. The van der Waals surface area contributed by atoms with E-state index in [-0.39, 0.29) is 5.69 Å². The summed E-state index contributed by atoms with van der Waals surface area (Å²) >= 11 is 1.38. The Morgan fingerprint density at radius 2 is 1.93 bits per heavy atom. The summed E-state index contributed by atoms with van der Waals surface area (Å²) in [6.07, 6.45) is 4.64. The van der Waals surface area contributed by atoms with Crippen LogP contribution < -0.4 is 14.3 Å². The molecule has 0 N–H and O–H groups in total. The lowest BCUT2D eigenvalue weighted by Crippen LogP contribution is -2.17. The van der Waals surface area contributed by atoms with Crippen LogP contribution in [-0.2, 0) is 11.3 Å². The topological polar surface area (TPSA) is 96.0 Å². The lowest BCUT2D eigenvalue weighted by Gasteiger charge is -2.18. The number of thiazole rings is 1. The number of carbonyl (C=O) groups excluding carboxylic acids is 1. The summed E-state index contributed by atoms with van der Waals surface area (Å²) in [7, 11) is 0. The van der Waals surface area contributed by atoms with Crippen molar-refractivity contribution in [1.29, 1.82) is 0 Å². The maximum atomic E-state index is 12.4. The van der Waals surface area contributed by atoms with Crippen molar-refractivity contribution in [3.05, 3.63) is 75.6 Å². The Labute approximate surface area is 175 Å². The molecule has 1 amide bonds. The van der Waals surface area contributed by atoms with Gasteiger partial charge in [-0.3, -0.25) is 14.9 Å². The van der Waals surface area contributed by atoms with Crippen molar-refractivity contribution in [3.63, 3.8) is 0 Å². The van der Waals surface area contributed by atoms with E-state index >= 15 is 0 Å². The number of aromatic nitrogens is 1. The van der Waals surface area contributed by atoms with Crippen LogP contribution in [0.25, 0.3) is 16.3 Å². The molecule has 2 heterocycles. The Hall–Kier alpha value is -3.72. The summed E-state index contributed by atoms with van der Waals surface area (Å²) in [6, 6.07) is 9.70. The second-order valence-corrected chi connectivity index (χ2v) is 7.39. The van der Waals surface area contributed by atoms with E-state index in [0.29, 0.717) is 41.6 Å². The highest BCUT2D eigenvalue weighted by Crippen LogP contribution is 2.35. The standard InChI is InChI=1S/C21H17N3O5S/c1-2-9-23-16-12-17-18(29-11-10-28-17)13-19(16)30-21(23)22-20(25)8-5-14-3-6-15(7-4-14)24(26)27/h2-8,12-13H,1,9-11H2. The van der Waals surface area contributed by atoms with E-state index in [1.165, 1.54) is 29.5 Å². The second kappa shape index (κ2) is 8.34. The third-order valence-corrected chi connectivity index (χ3v) is 5.43. The highest BCUT2D eigenvalue weighted by Gasteiger charge is 2.16. The lowest BCUT2D eigenvalue weighted by atomic mass is 10.2. The maximum Gasteiger partial charge on any atom is 0.272 e. The van der Waals surface area contributed by atoms with Gasteiger partial charge in [0.05, 0.1) is 15.1 Å². The molecule has 0 unspecified atom stereocenters. The summed E-state index contributed by atoms with van der Waals surface area (Å²) in [5, 5.41) is 10.7. The molecule has 30 heavy (non-hydrogen) atoms. The van der Waals surface area contributed by atoms with Crippen molar-refractivity contribution >= 4 is 39.2 Å². The van der Waals surface area contributed by atoms with Gasteiger partial charge in [0.2, 0.25) is 0 Å². The number of ether oxygens (including phenoxy) is 2. The van der Waals surface area contributed by atoms with Gasteiger partial charge in [-0.1, -0.05) is 17.4 Å². The van der Waals surface area contributed by atoms with E-state index in [4.69, 9.17) is 9.47 Å². The van der Waals surface area contributed by atoms with Crippen LogP contribution in [-0.4, -0.2) is 28.6 Å². The minimum absolute atomic E-state index is 0.00503. The fourth-order valence-electron chi connectivity index (χ4n) is 3.00. The first-order chi connectivity index (χ1) is 14.5. The summed E-state index contributed by atoms with van der Waals surface area (Å²) in [5.74, 6) is 0.909. The number of benzene rings is 2. The van der Waals surface area contributed by atoms with Gasteiger partial charge in [0.15, 0.2) is 16.3 Å². The normalized spacial score (nSPS) is 13.7. The molecular formula is C21H17N3O5S. The Morgan fingerprint density at radius 3 is 2.60 bits per heavy atom. The number of hydrogen-bond acceptors (Lipinski definition) is 6. The fourth-order valence-corrected chi connectivity index (χ4v) is 4.06. The molecule has 9 heteroatoms. The minimum Gasteiger partial charge on any atom is -0.486 e. The molecule has 0 atom stereocenters. The summed E-state index contributed by atoms with van der Waals surface area (Å²) in [5.41, 5.74) is 1.55.